The van der Waals surface area contributed by atoms with E-state index in [4.69, 9.17) is 9.47 Å². The summed E-state index contributed by atoms with van der Waals surface area (Å²) < 4.78 is 25.5. The zero-order valence-electron chi connectivity index (χ0n) is 21.1. The van der Waals surface area contributed by atoms with Crippen molar-refractivity contribution in [3.8, 4) is 5.75 Å². The third-order valence-electron chi connectivity index (χ3n) is 7.26. The number of nitrogens with one attached hydrogen (secondary N) is 1. The van der Waals surface area contributed by atoms with Crippen molar-refractivity contribution >= 4 is 17.6 Å². The number of rotatable bonds is 6. The molecule has 192 valence electrons. The number of hydrogen-bond acceptors (Lipinski definition) is 5. The summed E-state index contributed by atoms with van der Waals surface area (Å²) in [6.07, 6.45) is 3.32. The fraction of sp³-hybridized carbons (Fsp3) is 0.500. The van der Waals surface area contributed by atoms with Crippen LogP contribution in [0.4, 0.5) is 14.9 Å². The molecule has 2 aromatic carbocycles. The number of urea groups is 1. The highest BCUT2D eigenvalue weighted by Crippen LogP contribution is 2.39. The largest absolute Gasteiger partial charge is 0.491 e. The molecule has 0 radical (unpaired) electrons. The van der Waals surface area contributed by atoms with Crippen LogP contribution in [0.3, 0.4) is 0 Å². The first-order valence-electron chi connectivity index (χ1n) is 12.9. The number of carbonyl (C=O) groups is 1. The molecule has 1 spiro atoms. The molecule has 0 unspecified atom stereocenters. The minimum absolute atomic E-state index is 0.129. The van der Waals surface area contributed by atoms with Gasteiger partial charge in [-0.25, -0.2) is 9.18 Å². The molecule has 0 aromatic heterocycles. The van der Waals surface area contributed by atoms with Crippen LogP contribution in [-0.2, 0) is 11.3 Å². The van der Waals surface area contributed by atoms with E-state index in [1.807, 2.05) is 26.0 Å². The summed E-state index contributed by atoms with van der Waals surface area (Å²) in [5.74, 6) is 1.24. The minimum atomic E-state index is -0.609. The van der Waals surface area contributed by atoms with Gasteiger partial charge in [-0.3, -0.25) is 9.80 Å². The maximum Gasteiger partial charge on any atom is 0.350 e. The number of amidine groups is 1. The third-order valence-corrected chi connectivity index (χ3v) is 7.26. The average Bonchev–Trinajstić information content (AvgIpc) is 3.11. The van der Waals surface area contributed by atoms with Gasteiger partial charge in [-0.2, -0.15) is 4.99 Å². The van der Waals surface area contributed by atoms with Crippen molar-refractivity contribution in [2.75, 3.05) is 31.2 Å². The summed E-state index contributed by atoms with van der Waals surface area (Å²) in [7, 11) is 0. The molecular formula is C28H35FN4O3. The van der Waals surface area contributed by atoms with Crippen LogP contribution in [0.5, 0.6) is 5.75 Å². The first kappa shape index (κ1) is 24.7. The predicted molar refractivity (Wildman–Crippen MR) is 138 cm³/mol. The molecule has 3 aliphatic rings. The van der Waals surface area contributed by atoms with E-state index < -0.39 is 5.54 Å². The first-order chi connectivity index (χ1) is 17.4. The van der Waals surface area contributed by atoms with E-state index in [-0.39, 0.29) is 24.0 Å². The van der Waals surface area contributed by atoms with Crippen molar-refractivity contribution in [2.24, 2.45) is 4.99 Å². The van der Waals surface area contributed by atoms with Gasteiger partial charge in [0.1, 0.15) is 22.9 Å². The molecule has 0 bridgehead atoms. The Hall–Kier alpha value is -2.97. The number of anilines is 1. The smallest absolute Gasteiger partial charge is 0.350 e. The van der Waals surface area contributed by atoms with Crippen LogP contribution in [0.25, 0.3) is 0 Å². The number of benzene rings is 2. The molecular weight excluding hydrogens is 459 g/mol. The van der Waals surface area contributed by atoms with E-state index in [2.05, 4.69) is 27.3 Å². The molecule has 3 heterocycles. The van der Waals surface area contributed by atoms with Gasteiger partial charge >= 0.3 is 6.03 Å². The number of aliphatic imine (C=N–C) groups is 1. The molecule has 1 N–H and O–H groups in total. The lowest BCUT2D eigenvalue weighted by molar-refractivity contribution is 0.0817. The number of piperidine rings is 1. The van der Waals surface area contributed by atoms with Crippen LogP contribution in [0.2, 0.25) is 0 Å². The molecule has 0 atom stereocenters. The van der Waals surface area contributed by atoms with Gasteiger partial charge in [-0.1, -0.05) is 18.2 Å². The van der Waals surface area contributed by atoms with Gasteiger partial charge in [0.15, 0.2) is 0 Å². The van der Waals surface area contributed by atoms with Crippen molar-refractivity contribution < 1.29 is 18.7 Å². The Bertz CT molecular complexity index is 1110. The summed E-state index contributed by atoms with van der Waals surface area (Å²) >= 11 is 0. The number of amides is 2. The Balaban J connectivity index is 1.35. The monoisotopic (exact) mass is 494 g/mol. The molecule has 5 rings (SSSR count). The van der Waals surface area contributed by atoms with Crippen molar-refractivity contribution in [3.63, 3.8) is 0 Å². The maximum absolute atomic E-state index is 14.2. The third kappa shape index (κ3) is 5.25. The summed E-state index contributed by atoms with van der Waals surface area (Å²) in [6.45, 7) is 7.85. The lowest BCUT2D eigenvalue weighted by Gasteiger charge is -2.45. The SMILES string of the molecule is CC(C)Oc1cccc(CN2CCC3(CC2)C(NC2CCOCC2)=NC(=O)N3c2cccc(F)c2)c1. The Morgan fingerprint density at radius 3 is 2.61 bits per heavy atom. The van der Waals surface area contributed by atoms with Crippen LogP contribution in [0, 0.1) is 5.82 Å². The predicted octanol–water partition coefficient (Wildman–Crippen LogP) is 4.75. The molecule has 2 fully saturated rings. The molecule has 2 amide bonds. The minimum Gasteiger partial charge on any atom is -0.491 e. The molecule has 2 saturated heterocycles. The number of ether oxygens (including phenoxy) is 2. The lowest BCUT2D eigenvalue weighted by Crippen LogP contribution is -2.62. The number of hydrogen-bond donors (Lipinski definition) is 1. The second-order valence-corrected chi connectivity index (χ2v) is 10.2. The topological polar surface area (TPSA) is 66.4 Å². The summed E-state index contributed by atoms with van der Waals surface area (Å²) in [5, 5.41) is 3.59. The molecule has 0 saturated carbocycles. The van der Waals surface area contributed by atoms with E-state index in [1.54, 1.807) is 17.0 Å². The zero-order valence-corrected chi connectivity index (χ0v) is 21.1. The Morgan fingerprint density at radius 2 is 1.89 bits per heavy atom. The van der Waals surface area contributed by atoms with Gasteiger partial charge in [0.25, 0.3) is 0 Å². The van der Waals surface area contributed by atoms with Crippen LogP contribution < -0.4 is 15.0 Å². The van der Waals surface area contributed by atoms with Crippen LogP contribution in [0.1, 0.15) is 45.1 Å². The van der Waals surface area contributed by atoms with E-state index in [0.29, 0.717) is 31.7 Å². The molecule has 8 heteroatoms. The lowest BCUT2D eigenvalue weighted by atomic mass is 9.84. The van der Waals surface area contributed by atoms with Crippen molar-refractivity contribution in [2.45, 2.75) is 63.8 Å². The van der Waals surface area contributed by atoms with Crippen molar-refractivity contribution in [1.29, 1.82) is 0 Å². The van der Waals surface area contributed by atoms with Crippen LogP contribution >= 0.6 is 0 Å². The summed E-state index contributed by atoms with van der Waals surface area (Å²) in [4.78, 5) is 21.8. The number of likely N-dealkylation sites (tertiary alicyclic amines) is 1. The Morgan fingerprint density at radius 1 is 1.14 bits per heavy atom. The molecule has 2 aromatic rings. The highest BCUT2D eigenvalue weighted by Gasteiger charge is 2.52. The van der Waals surface area contributed by atoms with Crippen LogP contribution in [-0.4, -0.2) is 60.8 Å². The van der Waals surface area contributed by atoms with Gasteiger partial charge in [-0.15, -0.1) is 0 Å². The Kier molecular flexibility index (Phi) is 7.25. The van der Waals surface area contributed by atoms with Gasteiger partial charge < -0.3 is 14.8 Å². The van der Waals surface area contributed by atoms with Gasteiger partial charge in [0.05, 0.1) is 6.10 Å². The number of halogens is 1. The van der Waals surface area contributed by atoms with Gasteiger partial charge in [-0.05, 0) is 75.4 Å². The highest BCUT2D eigenvalue weighted by atomic mass is 19.1. The molecule has 0 aliphatic carbocycles. The fourth-order valence-corrected chi connectivity index (χ4v) is 5.50. The van der Waals surface area contributed by atoms with Gasteiger partial charge in [0.2, 0.25) is 0 Å². The van der Waals surface area contributed by atoms with E-state index >= 15 is 0 Å². The van der Waals surface area contributed by atoms with E-state index in [1.165, 1.54) is 17.7 Å². The molecule has 36 heavy (non-hydrogen) atoms. The average molecular weight is 495 g/mol. The van der Waals surface area contributed by atoms with Crippen molar-refractivity contribution in [3.05, 3.63) is 59.9 Å². The van der Waals surface area contributed by atoms with E-state index in [9.17, 15) is 9.18 Å². The quantitative estimate of drug-likeness (QED) is 0.628. The van der Waals surface area contributed by atoms with Crippen molar-refractivity contribution in [1.82, 2.24) is 10.2 Å². The zero-order chi connectivity index (χ0) is 25.1. The Labute approximate surface area is 212 Å². The second kappa shape index (κ2) is 10.6. The van der Waals surface area contributed by atoms with Crippen LogP contribution in [0.15, 0.2) is 53.5 Å². The summed E-state index contributed by atoms with van der Waals surface area (Å²) in [6, 6.07) is 14.4. The fourth-order valence-electron chi connectivity index (χ4n) is 5.50. The molecule has 7 nitrogen and oxygen atoms in total. The van der Waals surface area contributed by atoms with E-state index in [0.717, 1.165) is 44.1 Å². The molecule has 3 aliphatic heterocycles. The maximum atomic E-state index is 14.2. The number of nitrogens with zero attached hydrogens (tertiary/aromatic N) is 3. The highest BCUT2D eigenvalue weighted by molar-refractivity contribution is 6.16. The standard InChI is InChI=1S/C28H35FN4O3/c1-20(2)36-25-8-3-5-21(17-25)19-32-13-11-28(12-14-32)26(30-23-9-15-35-16-10-23)31-27(34)33(28)24-7-4-6-22(29)18-24/h3-8,17-18,20,23H,9-16,19H2,1-2H3,(H,30,31,34). The second-order valence-electron chi connectivity index (χ2n) is 10.2. The van der Waals surface area contributed by atoms with Gasteiger partial charge in [0, 0.05) is 44.6 Å². The first-order valence-corrected chi connectivity index (χ1v) is 12.9. The summed E-state index contributed by atoms with van der Waals surface area (Å²) in [5.41, 5.74) is 1.14. The number of carbonyl (C=O) groups excluding carboxylic acids is 1. The normalized spacial score (nSPS) is 20.7.